The molecule has 1 N–H and O–H groups in total. The first-order valence-electron chi connectivity index (χ1n) is 9.34. The van der Waals surface area contributed by atoms with Crippen molar-refractivity contribution in [1.29, 1.82) is 0 Å². The summed E-state index contributed by atoms with van der Waals surface area (Å²) in [5.41, 5.74) is 4.90. The number of aromatic amines is 1. The molecule has 0 atom stereocenters. The second-order valence-electron chi connectivity index (χ2n) is 7.21. The van der Waals surface area contributed by atoms with Gasteiger partial charge in [0.25, 0.3) is 0 Å². The molecule has 1 fully saturated rings. The van der Waals surface area contributed by atoms with E-state index in [1.54, 1.807) is 12.1 Å². The van der Waals surface area contributed by atoms with Crippen LogP contribution in [0.1, 0.15) is 23.2 Å². The van der Waals surface area contributed by atoms with Crippen LogP contribution in [-0.2, 0) is 4.74 Å². The van der Waals surface area contributed by atoms with E-state index in [-0.39, 0.29) is 5.97 Å². The van der Waals surface area contributed by atoms with Crippen LogP contribution in [0.2, 0.25) is 0 Å². The third-order valence-electron chi connectivity index (χ3n) is 5.32. The molecule has 0 amide bonds. The fraction of sp³-hybridized carbons (Fsp3) is 0.227. The van der Waals surface area contributed by atoms with Gasteiger partial charge in [0.15, 0.2) is 5.82 Å². The molecule has 1 saturated carbocycles. The molecule has 4 aromatic rings. The number of methoxy groups -OCH3 is 1. The van der Waals surface area contributed by atoms with E-state index in [2.05, 4.69) is 41.2 Å². The summed E-state index contributed by atoms with van der Waals surface area (Å²) in [6.07, 6.45) is 4.26. The number of nitrogens with one attached hydrogen (secondary N) is 1. The van der Waals surface area contributed by atoms with E-state index in [1.807, 2.05) is 12.3 Å². The normalized spacial score (nSPS) is 13.8. The number of fused-ring (bicyclic) bond motifs is 2. The van der Waals surface area contributed by atoms with Crippen LogP contribution in [0.3, 0.4) is 0 Å². The maximum absolute atomic E-state index is 11.9. The number of hydrogen-bond acceptors (Lipinski definition) is 5. The molecule has 6 heteroatoms. The van der Waals surface area contributed by atoms with Crippen molar-refractivity contribution in [1.82, 2.24) is 15.0 Å². The van der Waals surface area contributed by atoms with Crippen molar-refractivity contribution >= 4 is 33.7 Å². The molecule has 0 bridgehead atoms. The molecule has 1 aliphatic carbocycles. The summed E-state index contributed by atoms with van der Waals surface area (Å²) in [5.74, 6) is 0.467. The van der Waals surface area contributed by atoms with Crippen molar-refractivity contribution in [3.8, 4) is 11.3 Å². The Bertz CT molecular complexity index is 1210. The highest BCUT2D eigenvalue weighted by Crippen LogP contribution is 2.36. The number of nitrogens with zero attached hydrogens (tertiary/aromatic N) is 3. The Balaban J connectivity index is 1.71. The maximum Gasteiger partial charge on any atom is 0.337 e. The average Bonchev–Trinajstić information content (AvgIpc) is 3.48. The van der Waals surface area contributed by atoms with Crippen LogP contribution in [-0.4, -0.2) is 41.1 Å². The summed E-state index contributed by atoms with van der Waals surface area (Å²) in [5, 5.41) is 1.14. The minimum atomic E-state index is -0.372. The summed E-state index contributed by atoms with van der Waals surface area (Å²) in [4.78, 5) is 27.2. The van der Waals surface area contributed by atoms with E-state index in [9.17, 15) is 4.79 Å². The summed E-state index contributed by atoms with van der Waals surface area (Å²) in [7, 11) is 3.45. The van der Waals surface area contributed by atoms with Gasteiger partial charge < -0.3 is 14.6 Å². The van der Waals surface area contributed by atoms with Crippen molar-refractivity contribution < 1.29 is 9.53 Å². The fourth-order valence-electron chi connectivity index (χ4n) is 3.56. The quantitative estimate of drug-likeness (QED) is 0.545. The molecule has 0 saturated heterocycles. The number of carbonyl (C=O) groups excluding carboxylic acids is 1. The number of carbonyl (C=O) groups is 1. The molecule has 28 heavy (non-hydrogen) atoms. The van der Waals surface area contributed by atoms with Gasteiger partial charge >= 0.3 is 5.97 Å². The second kappa shape index (κ2) is 6.34. The van der Waals surface area contributed by atoms with Gasteiger partial charge in [-0.3, -0.25) is 0 Å². The third-order valence-corrected chi connectivity index (χ3v) is 5.32. The van der Waals surface area contributed by atoms with E-state index < -0.39 is 0 Å². The highest BCUT2D eigenvalue weighted by atomic mass is 16.5. The molecule has 2 aromatic carbocycles. The van der Waals surface area contributed by atoms with Crippen LogP contribution in [0.4, 0.5) is 5.82 Å². The highest BCUT2D eigenvalue weighted by molar-refractivity contribution is 5.95. The van der Waals surface area contributed by atoms with Crippen molar-refractivity contribution in [2.75, 3.05) is 19.1 Å². The van der Waals surface area contributed by atoms with Gasteiger partial charge in [0, 0.05) is 35.8 Å². The third kappa shape index (κ3) is 2.78. The van der Waals surface area contributed by atoms with Crippen LogP contribution >= 0.6 is 0 Å². The van der Waals surface area contributed by atoms with Gasteiger partial charge in [-0.25, -0.2) is 14.8 Å². The van der Waals surface area contributed by atoms with Crippen molar-refractivity contribution in [3.63, 3.8) is 0 Å². The largest absolute Gasteiger partial charge is 0.465 e. The Labute approximate surface area is 162 Å². The molecule has 0 spiro atoms. The molecular weight excluding hydrogens is 352 g/mol. The maximum atomic E-state index is 11.9. The molecule has 0 radical (unpaired) electrons. The van der Waals surface area contributed by atoms with Gasteiger partial charge in [-0.1, -0.05) is 6.07 Å². The zero-order chi connectivity index (χ0) is 19.3. The molecule has 6 nitrogen and oxygen atoms in total. The van der Waals surface area contributed by atoms with Crippen molar-refractivity contribution in [3.05, 3.63) is 54.2 Å². The van der Waals surface area contributed by atoms with Gasteiger partial charge in [0.1, 0.15) is 5.69 Å². The number of hydrogen-bond donors (Lipinski definition) is 1. The average molecular weight is 372 g/mol. The lowest BCUT2D eigenvalue weighted by Crippen LogP contribution is -2.22. The first-order valence-corrected chi connectivity index (χ1v) is 9.34. The Kier molecular flexibility index (Phi) is 3.79. The lowest BCUT2D eigenvalue weighted by molar-refractivity contribution is 0.0601. The summed E-state index contributed by atoms with van der Waals surface area (Å²) >= 11 is 0. The zero-order valence-corrected chi connectivity index (χ0v) is 15.8. The molecular formula is C22H20N4O2. The number of esters is 1. The van der Waals surface area contributed by atoms with Crippen LogP contribution in [0.5, 0.6) is 0 Å². The number of rotatable bonds is 4. The molecule has 0 unspecified atom stereocenters. The van der Waals surface area contributed by atoms with Crippen LogP contribution < -0.4 is 4.90 Å². The minimum Gasteiger partial charge on any atom is -0.465 e. The predicted molar refractivity (Wildman–Crippen MR) is 110 cm³/mol. The lowest BCUT2D eigenvalue weighted by atomic mass is 10.1. The molecule has 5 rings (SSSR count). The minimum absolute atomic E-state index is 0.372. The topological polar surface area (TPSA) is 71.1 Å². The molecule has 140 valence electrons. The number of anilines is 1. The SMILES string of the molecule is COC(=O)c1ccc2nc(-c3ccc4[nH]ccc4c3)c(N(C)C3CC3)nc2c1. The van der Waals surface area contributed by atoms with Gasteiger partial charge in [0.2, 0.25) is 0 Å². The van der Waals surface area contributed by atoms with Crippen molar-refractivity contribution in [2.24, 2.45) is 0 Å². The van der Waals surface area contributed by atoms with Crippen molar-refractivity contribution in [2.45, 2.75) is 18.9 Å². The van der Waals surface area contributed by atoms with Gasteiger partial charge in [-0.05, 0) is 49.2 Å². The Morgan fingerprint density at radius 3 is 2.75 bits per heavy atom. The number of H-pyrrole nitrogens is 1. The predicted octanol–water partition coefficient (Wildman–Crippen LogP) is 4.16. The standard InChI is InChI=1S/C22H20N4O2/c1-26(16-5-6-16)21-20(14-3-7-17-13(11-14)9-10-23-17)24-18-8-4-15(22(27)28-2)12-19(18)25-21/h3-4,7-12,16,23H,5-6H2,1-2H3. The van der Waals surface area contributed by atoms with Crippen LogP contribution in [0.15, 0.2) is 48.7 Å². The second-order valence-corrected chi connectivity index (χ2v) is 7.21. The van der Waals surface area contributed by atoms with E-state index in [0.29, 0.717) is 17.1 Å². The summed E-state index contributed by atoms with van der Waals surface area (Å²) in [6.45, 7) is 0. The lowest BCUT2D eigenvalue weighted by Gasteiger charge is -2.21. The van der Waals surface area contributed by atoms with Crippen LogP contribution in [0.25, 0.3) is 33.2 Å². The fourth-order valence-corrected chi connectivity index (χ4v) is 3.56. The smallest absolute Gasteiger partial charge is 0.337 e. The number of ether oxygens (including phenoxy) is 1. The molecule has 0 aliphatic heterocycles. The monoisotopic (exact) mass is 372 g/mol. The summed E-state index contributed by atoms with van der Waals surface area (Å²) < 4.78 is 4.84. The summed E-state index contributed by atoms with van der Waals surface area (Å²) in [6, 6.07) is 14.1. The van der Waals surface area contributed by atoms with Gasteiger partial charge in [0.05, 0.1) is 23.7 Å². The first kappa shape index (κ1) is 16.7. The first-order chi connectivity index (χ1) is 13.6. The number of aromatic nitrogens is 3. The van der Waals surface area contributed by atoms with E-state index in [1.165, 1.54) is 7.11 Å². The Morgan fingerprint density at radius 1 is 1.11 bits per heavy atom. The van der Waals surface area contributed by atoms with E-state index in [0.717, 1.165) is 46.3 Å². The molecule has 2 aromatic heterocycles. The van der Waals surface area contributed by atoms with E-state index >= 15 is 0 Å². The highest BCUT2D eigenvalue weighted by Gasteiger charge is 2.29. The Morgan fingerprint density at radius 2 is 1.96 bits per heavy atom. The van der Waals surface area contributed by atoms with E-state index in [4.69, 9.17) is 14.7 Å². The van der Waals surface area contributed by atoms with Crippen LogP contribution in [0, 0.1) is 0 Å². The molecule has 1 aliphatic rings. The molecule has 2 heterocycles. The number of benzene rings is 2. The zero-order valence-electron chi connectivity index (χ0n) is 15.8. The Hall–Kier alpha value is -3.41. The van der Waals surface area contributed by atoms with Gasteiger partial charge in [-0.15, -0.1) is 0 Å². The van der Waals surface area contributed by atoms with Gasteiger partial charge in [-0.2, -0.15) is 0 Å².